The number of aryl methyl sites for hydroxylation is 1. The summed E-state index contributed by atoms with van der Waals surface area (Å²) in [6, 6.07) is 7.27. The molecule has 1 aliphatic rings. The van der Waals surface area contributed by atoms with Gasteiger partial charge in [-0.2, -0.15) is 0 Å². The molecule has 2 unspecified atom stereocenters. The topological polar surface area (TPSA) is 15.3 Å². The average Bonchev–Trinajstić information content (AvgIpc) is 2.29. The van der Waals surface area contributed by atoms with Gasteiger partial charge >= 0.3 is 0 Å². The molecule has 0 aliphatic carbocycles. The molecule has 0 radical (unpaired) electrons. The van der Waals surface area contributed by atoms with Gasteiger partial charge in [0.05, 0.1) is 0 Å². The molecular weight excluding hydrogens is 232 g/mol. The minimum atomic E-state index is 0.568. The molecule has 1 aliphatic heterocycles. The van der Waals surface area contributed by atoms with Crippen LogP contribution in [0.5, 0.6) is 0 Å². The maximum Gasteiger partial charge on any atom is 0.0426 e. The molecule has 0 amide bonds. The van der Waals surface area contributed by atoms with Gasteiger partial charge < -0.3 is 10.2 Å². The largest absolute Gasteiger partial charge is 0.382 e. The van der Waals surface area contributed by atoms with E-state index in [-0.39, 0.29) is 0 Å². The van der Waals surface area contributed by atoms with Crippen molar-refractivity contribution < 1.29 is 0 Å². The molecule has 0 saturated carbocycles. The summed E-state index contributed by atoms with van der Waals surface area (Å²) in [6.45, 7) is 5.58. The van der Waals surface area contributed by atoms with Crippen LogP contribution < -0.4 is 5.32 Å². The van der Waals surface area contributed by atoms with Crippen LogP contribution in [0.1, 0.15) is 25.3 Å². The summed E-state index contributed by atoms with van der Waals surface area (Å²) in [7, 11) is 2.20. The van der Waals surface area contributed by atoms with Crippen molar-refractivity contribution in [1.82, 2.24) is 4.90 Å². The van der Waals surface area contributed by atoms with Crippen molar-refractivity contribution in [2.75, 3.05) is 18.9 Å². The molecule has 2 rings (SSSR count). The lowest BCUT2D eigenvalue weighted by Crippen LogP contribution is -2.42. The summed E-state index contributed by atoms with van der Waals surface area (Å²) >= 11 is 6.04. The molecule has 1 fully saturated rings. The summed E-state index contributed by atoms with van der Waals surface area (Å²) in [5.41, 5.74) is 2.44. The van der Waals surface area contributed by atoms with Crippen LogP contribution in [-0.4, -0.2) is 30.6 Å². The Labute approximate surface area is 109 Å². The lowest BCUT2D eigenvalue weighted by Gasteiger charge is -2.36. The van der Waals surface area contributed by atoms with Crippen molar-refractivity contribution in [2.24, 2.45) is 0 Å². The maximum atomic E-state index is 6.04. The normalized spacial score (nSPS) is 25.9. The van der Waals surface area contributed by atoms with Crippen molar-refractivity contribution in [3.63, 3.8) is 0 Å². The van der Waals surface area contributed by atoms with Crippen LogP contribution in [0.2, 0.25) is 5.02 Å². The number of halogens is 1. The average molecular weight is 253 g/mol. The maximum absolute atomic E-state index is 6.04. The molecule has 1 aromatic carbocycles. The predicted molar refractivity (Wildman–Crippen MR) is 74.9 cm³/mol. The van der Waals surface area contributed by atoms with Gasteiger partial charge in [0.15, 0.2) is 0 Å². The van der Waals surface area contributed by atoms with Gasteiger partial charge in [-0.05, 0) is 51.4 Å². The van der Waals surface area contributed by atoms with Crippen LogP contribution in [-0.2, 0) is 0 Å². The van der Waals surface area contributed by atoms with Crippen molar-refractivity contribution in [1.29, 1.82) is 0 Å². The van der Waals surface area contributed by atoms with Crippen LogP contribution in [0.15, 0.2) is 18.2 Å². The number of rotatable bonds is 2. The highest BCUT2D eigenvalue weighted by atomic mass is 35.5. The third-order valence-electron chi connectivity index (χ3n) is 3.77. The Morgan fingerprint density at radius 3 is 2.88 bits per heavy atom. The van der Waals surface area contributed by atoms with E-state index < -0.39 is 0 Å². The molecule has 2 nitrogen and oxygen atoms in total. The molecule has 1 N–H and O–H groups in total. The Bertz CT molecular complexity index is 392. The van der Waals surface area contributed by atoms with E-state index >= 15 is 0 Å². The third kappa shape index (κ3) is 3.14. The van der Waals surface area contributed by atoms with E-state index in [1.165, 1.54) is 30.6 Å². The van der Waals surface area contributed by atoms with Gasteiger partial charge in [-0.1, -0.05) is 17.7 Å². The number of piperidine rings is 1. The number of hydrogen-bond acceptors (Lipinski definition) is 2. The van der Waals surface area contributed by atoms with Gasteiger partial charge in [0.1, 0.15) is 0 Å². The molecule has 0 spiro atoms. The van der Waals surface area contributed by atoms with E-state index in [4.69, 9.17) is 11.6 Å². The Balaban J connectivity index is 2.03. The Hall–Kier alpha value is -0.730. The van der Waals surface area contributed by atoms with Crippen LogP contribution >= 0.6 is 11.6 Å². The van der Waals surface area contributed by atoms with Gasteiger partial charge in [0, 0.05) is 29.3 Å². The Morgan fingerprint density at radius 1 is 1.41 bits per heavy atom. The zero-order valence-electron chi connectivity index (χ0n) is 10.8. The lowest BCUT2D eigenvalue weighted by molar-refractivity contribution is 0.190. The summed E-state index contributed by atoms with van der Waals surface area (Å²) < 4.78 is 0. The first kappa shape index (κ1) is 12.7. The highest BCUT2D eigenvalue weighted by Crippen LogP contribution is 2.24. The second-order valence-electron chi connectivity index (χ2n) is 5.15. The first-order valence-electron chi connectivity index (χ1n) is 6.29. The number of nitrogens with zero attached hydrogens (tertiary/aromatic N) is 1. The molecule has 1 aromatic rings. The van der Waals surface area contributed by atoms with Gasteiger partial charge in [0.25, 0.3) is 0 Å². The molecule has 1 saturated heterocycles. The number of likely N-dealkylation sites (tertiary alicyclic amines) is 1. The highest BCUT2D eigenvalue weighted by Gasteiger charge is 2.22. The molecule has 1 heterocycles. The van der Waals surface area contributed by atoms with Crippen molar-refractivity contribution in [3.05, 3.63) is 28.8 Å². The monoisotopic (exact) mass is 252 g/mol. The summed E-state index contributed by atoms with van der Waals surface area (Å²) in [5.74, 6) is 0. The molecular formula is C14H21ClN2. The van der Waals surface area contributed by atoms with Gasteiger partial charge in [-0.15, -0.1) is 0 Å². The molecule has 0 bridgehead atoms. The van der Waals surface area contributed by atoms with Gasteiger partial charge in [0.2, 0.25) is 0 Å². The zero-order chi connectivity index (χ0) is 12.4. The standard InChI is InChI=1S/C14H21ClN2/c1-10-4-5-12(15)9-14(10)16-13-6-7-17(3)11(2)8-13/h4-5,9,11,13,16H,6-8H2,1-3H3. The smallest absolute Gasteiger partial charge is 0.0426 e. The number of benzene rings is 1. The fraction of sp³-hybridized carbons (Fsp3) is 0.571. The van der Waals surface area contributed by atoms with Gasteiger partial charge in [-0.25, -0.2) is 0 Å². The fourth-order valence-electron chi connectivity index (χ4n) is 2.39. The van der Waals surface area contributed by atoms with E-state index in [9.17, 15) is 0 Å². The molecule has 94 valence electrons. The lowest BCUT2D eigenvalue weighted by atomic mass is 9.98. The summed E-state index contributed by atoms with van der Waals surface area (Å²) in [5, 5.41) is 4.43. The van der Waals surface area contributed by atoms with Crippen molar-refractivity contribution >= 4 is 17.3 Å². The minimum Gasteiger partial charge on any atom is -0.382 e. The minimum absolute atomic E-state index is 0.568. The zero-order valence-corrected chi connectivity index (χ0v) is 11.6. The highest BCUT2D eigenvalue weighted by molar-refractivity contribution is 6.30. The van der Waals surface area contributed by atoms with Crippen LogP contribution in [0.25, 0.3) is 0 Å². The Morgan fingerprint density at radius 2 is 2.18 bits per heavy atom. The van der Waals surface area contributed by atoms with Crippen molar-refractivity contribution in [2.45, 2.75) is 38.8 Å². The quantitative estimate of drug-likeness (QED) is 0.866. The predicted octanol–water partition coefficient (Wildman–Crippen LogP) is 3.54. The molecule has 17 heavy (non-hydrogen) atoms. The van der Waals surface area contributed by atoms with E-state index in [2.05, 4.69) is 37.2 Å². The van der Waals surface area contributed by atoms with E-state index in [0.717, 1.165) is 5.02 Å². The van der Waals surface area contributed by atoms with Gasteiger partial charge in [-0.3, -0.25) is 0 Å². The first-order valence-corrected chi connectivity index (χ1v) is 6.67. The van der Waals surface area contributed by atoms with Crippen LogP contribution in [0.3, 0.4) is 0 Å². The van der Waals surface area contributed by atoms with E-state index in [1.807, 2.05) is 12.1 Å². The Kier molecular flexibility index (Phi) is 3.95. The third-order valence-corrected chi connectivity index (χ3v) is 4.00. The summed E-state index contributed by atoms with van der Waals surface area (Å²) in [4.78, 5) is 2.42. The second kappa shape index (κ2) is 5.28. The van der Waals surface area contributed by atoms with E-state index in [0.29, 0.717) is 12.1 Å². The summed E-state index contributed by atoms with van der Waals surface area (Å²) in [6.07, 6.45) is 2.40. The number of anilines is 1. The fourth-order valence-corrected chi connectivity index (χ4v) is 2.56. The number of hydrogen-bond donors (Lipinski definition) is 1. The van der Waals surface area contributed by atoms with Crippen LogP contribution in [0.4, 0.5) is 5.69 Å². The molecule has 2 atom stereocenters. The second-order valence-corrected chi connectivity index (χ2v) is 5.59. The first-order chi connectivity index (χ1) is 8.06. The molecule has 0 aromatic heterocycles. The van der Waals surface area contributed by atoms with E-state index in [1.54, 1.807) is 0 Å². The SMILES string of the molecule is Cc1ccc(Cl)cc1NC1CCN(C)C(C)C1. The number of nitrogens with one attached hydrogen (secondary N) is 1. The molecule has 3 heteroatoms. The van der Waals surface area contributed by atoms with Crippen LogP contribution in [0, 0.1) is 6.92 Å². The van der Waals surface area contributed by atoms with Crippen molar-refractivity contribution in [3.8, 4) is 0 Å².